The van der Waals surface area contributed by atoms with Crippen molar-refractivity contribution in [2.75, 3.05) is 13.7 Å². The van der Waals surface area contributed by atoms with Gasteiger partial charge in [0, 0.05) is 0 Å². The fourth-order valence-corrected chi connectivity index (χ4v) is 2.52. The SMILES string of the molecule is COc1cccc2cnc(C3CCCCN3)n12. The van der Waals surface area contributed by atoms with Gasteiger partial charge in [0.15, 0.2) is 5.88 Å². The summed E-state index contributed by atoms with van der Waals surface area (Å²) < 4.78 is 7.51. The third-order valence-electron chi connectivity index (χ3n) is 3.37. The smallest absolute Gasteiger partial charge is 0.199 e. The number of hydrogen-bond donors (Lipinski definition) is 1. The molecule has 4 heteroatoms. The molecule has 0 bridgehead atoms. The number of hydrogen-bond acceptors (Lipinski definition) is 3. The van der Waals surface area contributed by atoms with Gasteiger partial charge in [-0.05, 0) is 31.5 Å². The highest BCUT2D eigenvalue weighted by molar-refractivity contribution is 5.49. The molecule has 0 spiro atoms. The molecule has 17 heavy (non-hydrogen) atoms. The minimum Gasteiger partial charge on any atom is -0.482 e. The van der Waals surface area contributed by atoms with Crippen LogP contribution < -0.4 is 10.1 Å². The zero-order chi connectivity index (χ0) is 11.7. The second-order valence-corrected chi connectivity index (χ2v) is 4.45. The third-order valence-corrected chi connectivity index (χ3v) is 3.37. The Balaban J connectivity index is 2.09. The first kappa shape index (κ1) is 10.6. The lowest BCUT2D eigenvalue weighted by molar-refractivity contribution is 0.369. The first-order chi connectivity index (χ1) is 8.40. The predicted molar refractivity (Wildman–Crippen MR) is 66.3 cm³/mol. The van der Waals surface area contributed by atoms with Crippen molar-refractivity contribution in [3.05, 3.63) is 30.2 Å². The van der Waals surface area contributed by atoms with E-state index >= 15 is 0 Å². The first-order valence-corrected chi connectivity index (χ1v) is 6.14. The molecule has 1 unspecified atom stereocenters. The van der Waals surface area contributed by atoms with Gasteiger partial charge in [0.1, 0.15) is 5.82 Å². The second kappa shape index (κ2) is 4.37. The standard InChI is InChI=1S/C13H17N3O/c1-17-12-7-4-5-10-9-15-13(16(10)12)11-6-2-3-8-14-11/h4-5,7,9,11,14H,2-3,6,8H2,1H3. The Morgan fingerprint density at radius 1 is 1.41 bits per heavy atom. The normalized spacial score (nSPS) is 20.6. The number of ether oxygens (including phenoxy) is 1. The van der Waals surface area contributed by atoms with Crippen LogP contribution in [-0.4, -0.2) is 23.0 Å². The summed E-state index contributed by atoms with van der Waals surface area (Å²) in [6.45, 7) is 1.08. The number of fused-ring (bicyclic) bond motifs is 1. The zero-order valence-corrected chi connectivity index (χ0v) is 10.0. The first-order valence-electron chi connectivity index (χ1n) is 6.14. The number of nitrogens with zero attached hydrogens (tertiary/aromatic N) is 2. The number of methoxy groups -OCH3 is 1. The van der Waals surface area contributed by atoms with Crippen LogP contribution in [0.4, 0.5) is 0 Å². The van der Waals surface area contributed by atoms with Crippen LogP contribution in [-0.2, 0) is 0 Å². The Hall–Kier alpha value is -1.55. The lowest BCUT2D eigenvalue weighted by Crippen LogP contribution is -2.28. The molecule has 2 aromatic heterocycles. The highest BCUT2D eigenvalue weighted by Gasteiger charge is 2.20. The molecule has 0 saturated carbocycles. The molecule has 1 aliphatic heterocycles. The summed E-state index contributed by atoms with van der Waals surface area (Å²) in [6, 6.07) is 6.37. The Morgan fingerprint density at radius 3 is 3.12 bits per heavy atom. The Morgan fingerprint density at radius 2 is 2.35 bits per heavy atom. The minimum absolute atomic E-state index is 0.350. The fraction of sp³-hybridized carbons (Fsp3) is 0.462. The largest absolute Gasteiger partial charge is 0.482 e. The fourth-order valence-electron chi connectivity index (χ4n) is 2.52. The molecule has 2 aromatic rings. The van der Waals surface area contributed by atoms with E-state index in [9.17, 15) is 0 Å². The topological polar surface area (TPSA) is 38.6 Å². The van der Waals surface area contributed by atoms with Crippen molar-refractivity contribution < 1.29 is 4.74 Å². The lowest BCUT2D eigenvalue weighted by Gasteiger charge is -2.22. The number of aromatic nitrogens is 2. The van der Waals surface area contributed by atoms with E-state index in [1.54, 1.807) is 7.11 Å². The number of nitrogens with one attached hydrogen (secondary N) is 1. The maximum Gasteiger partial charge on any atom is 0.199 e. The van der Waals surface area contributed by atoms with Crippen LogP contribution in [0.1, 0.15) is 31.1 Å². The summed E-state index contributed by atoms with van der Waals surface area (Å²) >= 11 is 0. The van der Waals surface area contributed by atoms with Gasteiger partial charge in [-0.15, -0.1) is 0 Å². The molecular formula is C13H17N3O. The molecule has 0 aromatic carbocycles. The molecule has 1 N–H and O–H groups in total. The van der Waals surface area contributed by atoms with E-state index in [1.165, 1.54) is 12.8 Å². The van der Waals surface area contributed by atoms with E-state index in [4.69, 9.17) is 4.74 Å². The number of rotatable bonds is 2. The molecule has 3 heterocycles. The van der Waals surface area contributed by atoms with E-state index in [1.807, 2.05) is 18.3 Å². The van der Waals surface area contributed by atoms with Gasteiger partial charge in [0.05, 0.1) is 24.9 Å². The van der Waals surface area contributed by atoms with Gasteiger partial charge in [0.25, 0.3) is 0 Å². The van der Waals surface area contributed by atoms with Crippen LogP contribution in [0.25, 0.3) is 5.52 Å². The van der Waals surface area contributed by atoms with Crippen molar-refractivity contribution in [2.45, 2.75) is 25.3 Å². The van der Waals surface area contributed by atoms with Crippen molar-refractivity contribution in [1.82, 2.24) is 14.7 Å². The van der Waals surface area contributed by atoms with Crippen molar-refractivity contribution in [1.29, 1.82) is 0 Å². The van der Waals surface area contributed by atoms with Gasteiger partial charge in [-0.2, -0.15) is 0 Å². The maximum atomic E-state index is 5.41. The number of piperidine rings is 1. The molecule has 1 atom stereocenters. The number of imidazole rings is 1. The van der Waals surface area contributed by atoms with E-state index in [0.29, 0.717) is 6.04 Å². The van der Waals surface area contributed by atoms with Crippen LogP contribution in [0.5, 0.6) is 5.88 Å². The summed E-state index contributed by atoms with van der Waals surface area (Å²) in [7, 11) is 1.70. The summed E-state index contributed by atoms with van der Waals surface area (Å²) in [4.78, 5) is 4.55. The molecule has 0 aliphatic carbocycles. The second-order valence-electron chi connectivity index (χ2n) is 4.45. The van der Waals surface area contributed by atoms with Crippen LogP contribution in [0.3, 0.4) is 0 Å². The van der Waals surface area contributed by atoms with Gasteiger partial charge < -0.3 is 10.1 Å². The molecule has 90 valence electrons. The summed E-state index contributed by atoms with van der Waals surface area (Å²) in [5.74, 6) is 1.92. The minimum atomic E-state index is 0.350. The lowest BCUT2D eigenvalue weighted by atomic mass is 10.0. The molecule has 0 amide bonds. The zero-order valence-electron chi connectivity index (χ0n) is 10.0. The summed E-state index contributed by atoms with van der Waals surface area (Å²) in [5.41, 5.74) is 1.09. The van der Waals surface area contributed by atoms with Gasteiger partial charge in [-0.25, -0.2) is 4.98 Å². The highest BCUT2D eigenvalue weighted by Crippen LogP contribution is 2.26. The van der Waals surface area contributed by atoms with Crippen molar-refractivity contribution >= 4 is 5.52 Å². The Labute approximate surface area is 101 Å². The van der Waals surface area contributed by atoms with Crippen molar-refractivity contribution in [2.24, 2.45) is 0 Å². The summed E-state index contributed by atoms with van der Waals surface area (Å²) in [6.07, 6.45) is 5.59. The van der Waals surface area contributed by atoms with Crippen molar-refractivity contribution in [3.63, 3.8) is 0 Å². The molecule has 1 saturated heterocycles. The van der Waals surface area contributed by atoms with Gasteiger partial charge in [-0.1, -0.05) is 12.5 Å². The Bertz CT molecular complexity index is 514. The van der Waals surface area contributed by atoms with E-state index in [0.717, 1.165) is 30.2 Å². The van der Waals surface area contributed by atoms with Crippen LogP contribution in [0, 0.1) is 0 Å². The van der Waals surface area contributed by atoms with E-state index in [-0.39, 0.29) is 0 Å². The molecular weight excluding hydrogens is 214 g/mol. The van der Waals surface area contributed by atoms with Gasteiger partial charge in [-0.3, -0.25) is 4.40 Å². The van der Waals surface area contributed by atoms with Crippen molar-refractivity contribution in [3.8, 4) is 5.88 Å². The Kier molecular flexibility index (Phi) is 2.73. The average Bonchev–Trinajstić information content (AvgIpc) is 2.83. The molecule has 1 aliphatic rings. The van der Waals surface area contributed by atoms with Crippen LogP contribution in [0.15, 0.2) is 24.4 Å². The predicted octanol–water partition coefficient (Wildman–Crippen LogP) is 2.16. The van der Waals surface area contributed by atoms with Crippen LogP contribution >= 0.6 is 0 Å². The van der Waals surface area contributed by atoms with E-state index in [2.05, 4.69) is 20.8 Å². The van der Waals surface area contributed by atoms with Gasteiger partial charge in [0.2, 0.25) is 0 Å². The monoisotopic (exact) mass is 231 g/mol. The number of pyridine rings is 1. The molecule has 1 fully saturated rings. The van der Waals surface area contributed by atoms with Crippen LogP contribution in [0.2, 0.25) is 0 Å². The molecule has 0 radical (unpaired) electrons. The highest BCUT2D eigenvalue weighted by atomic mass is 16.5. The van der Waals surface area contributed by atoms with E-state index < -0.39 is 0 Å². The average molecular weight is 231 g/mol. The van der Waals surface area contributed by atoms with Gasteiger partial charge >= 0.3 is 0 Å². The molecule has 4 nitrogen and oxygen atoms in total. The maximum absolute atomic E-state index is 5.41. The summed E-state index contributed by atoms with van der Waals surface area (Å²) in [5, 5.41) is 3.53. The molecule has 3 rings (SSSR count). The third kappa shape index (κ3) is 1.78. The quantitative estimate of drug-likeness (QED) is 0.860.